The number of rotatable bonds is 4. The molecule has 0 heterocycles. The standard InChI is InChI=1S/C8H19N.H2/c1-7(2)5-6-9-8(3)4;/h7-9H,5-6H2,1-4H3;1H. The summed E-state index contributed by atoms with van der Waals surface area (Å²) in [6.07, 6.45) is 1.29. The highest BCUT2D eigenvalue weighted by Gasteiger charge is 1.93. The number of hydrogen-bond acceptors (Lipinski definition) is 1. The van der Waals surface area contributed by atoms with Crippen LogP contribution in [-0.2, 0) is 0 Å². The minimum absolute atomic E-state index is 0. The van der Waals surface area contributed by atoms with Crippen LogP contribution in [0.15, 0.2) is 0 Å². The summed E-state index contributed by atoms with van der Waals surface area (Å²) in [4.78, 5) is 0. The number of hydrogen-bond donors (Lipinski definition) is 1. The lowest BCUT2D eigenvalue weighted by molar-refractivity contribution is 0.504. The zero-order valence-corrected chi connectivity index (χ0v) is 7.07. The molecule has 0 aromatic rings. The monoisotopic (exact) mass is 131 g/mol. The number of nitrogens with one attached hydrogen (secondary N) is 1. The van der Waals surface area contributed by atoms with Crippen LogP contribution in [0.4, 0.5) is 0 Å². The predicted molar refractivity (Wildman–Crippen MR) is 44.7 cm³/mol. The molecule has 1 heteroatoms. The minimum atomic E-state index is 0. The van der Waals surface area contributed by atoms with Crippen LogP contribution in [0.2, 0.25) is 0 Å². The molecule has 0 aliphatic carbocycles. The third-order valence-corrected chi connectivity index (χ3v) is 1.27. The van der Waals surface area contributed by atoms with Crippen molar-refractivity contribution in [3.05, 3.63) is 0 Å². The molecule has 0 saturated carbocycles. The average molecular weight is 131 g/mol. The summed E-state index contributed by atoms with van der Waals surface area (Å²) in [6.45, 7) is 10.0. The summed E-state index contributed by atoms with van der Waals surface area (Å²) in [5, 5.41) is 3.38. The second-order valence-corrected chi connectivity index (χ2v) is 3.29. The van der Waals surface area contributed by atoms with Crippen molar-refractivity contribution in [2.45, 2.75) is 40.2 Å². The lowest BCUT2D eigenvalue weighted by atomic mass is 10.1. The Bertz CT molecular complexity index is 54.3. The average Bonchev–Trinajstić information content (AvgIpc) is 1.63. The molecule has 0 aromatic carbocycles. The molecule has 1 N–H and O–H groups in total. The highest BCUT2D eigenvalue weighted by molar-refractivity contribution is 4.53. The molecule has 58 valence electrons. The van der Waals surface area contributed by atoms with E-state index in [0.29, 0.717) is 6.04 Å². The maximum atomic E-state index is 3.38. The Labute approximate surface area is 60.3 Å². The second kappa shape index (κ2) is 4.80. The van der Waals surface area contributed by atoms with Gasteiger partial charge in [-0.3, -0.25) is 0 Å². The first-order valence-corrected chi connectivity index (χ1v) is 3.86. The van der Waals surface area contributed by atoms with Crippen LogP contribution in [0.1, 0.15) is 35.5 Å². The zero-order chi connectivity index (χ0) is 7.28. The fourth-order valence-corrected chi connectivity index (χ4v) is 0.661. The first-order valence-electron chi connectivity index (χ1n) is 3.86. The van der Waals surface area contributed by atoms with E-state index in [4.69, 9.17) is 0 Å². The molecule has 0 aliphatic heterocycles. The molecule has 0 rings (SSSR count). The van der Waals surface area contributed by atoms with Crippen LogP contribution in [-0.4, -0.2) is 12.6 Å². The van der Waals surface area contributed by atoms with E-state index < -0.39 is 0 Å². The highest BCUT2D eigenvalue weighted by atomic mass is 14.9. The van der Waals surface area contributed by atoms with E-state index in [0.717, 1.165) is 12.5 Å². The smallest absolute Gasteiger partial charge is 0.00103 e. The van der Waals surface area contributed by atoms with Gasteiger partial charge < -0.3 is 5.32 Å². The van der Waals surface area contributed by atoms with Crippen LogP contribution < -0.4 is 5.32 Å². The van der Waals surface area contributed by atoms with E-state index in [2.05, 4.69) is 33.0 Å². The van der Waals surface area contributed by atoms with Gasteiger partial charge in [0.25, 0.3) is 0 Å². The van der Waals surface area contributed by atoms with Gasteiger partial charge >= 0.3 is 0 Å². The topological polar surface area (TPSA) is 12.0 Å². The molecule has 0 saturated heterocycles. The lowest BCUT2D eigenvalue weighted by Crippen LogP contribution is -2.24. The third-order valence-electron chi connectivity index (χ3n) is 1.27. The van der Waals surface area contributed by atoms with Crippen molar-refractivity contribution in [2.75, 3.05) is 6.54 Å². The molecule has 9 heavy (non-hydrogen) atoms. The van der Waals surface area contributed by atoms with E-state index >= 15 is 0 Å². The molecule has 1 nitrogen and oxygen atoms in total. The quantitative estimate of drug-likeness (QED) is 0.617. The summed E-state index contributed by atoms with van der Waals surface area (Å²) in [5.41, 5.74) is 0. The van der Waals surface area contributed by atoms with E-state index in [1.807, 2.05) is 0 Å². The predicted octanol–water partition coefficient (Wildman–Crippen LogP) is 2.28. The van der Waals surface area contributed by atoms with Crippen molar-refractivity contribution in [2.24, 2.45) is 5.92 Å². The Morgan fingerprint density at radius 3 is 2.11 bits per heavy atom. The van der Waals surface area contributed by atoms with Crippen molar-refractivity contribution in [1.29, 1.82) is 0 Å². The van der Waals surface area contributed by atoms with E-state index in [1.54, 1.807) is 0 Å². The first kappa shape index (κ1) is 8.96. The van der Waals surface area contributed by atoms with Crippen LogP contribution in [0.5, 0.6) is 0 Å². The van der Waals surface area contributed by atoms with Gasteiger partial charge in [-0.25, -0.2) is 0 Å². The van der Waals surface area contributed by atoms with Crippen LogP contribution in [0.25, 0.3) is 0 Å². The second-order valence-electron chi connectivity index (χ2n) is 3.29. The Morgan fingerprint density at radius 2 is 1.78 bits per heavy atom. The van der Waals surface area contributed by atoms with Gasteiger partial charge in [-0.1, -0.05) is 27.7 Å². The summed E-state index contributed by atoms with van der Waals surface area (Å²) in [7, 11) is 0. The van der Waals surface area contributed by atoms with Gasteiger partial charge in [-0.15, -0.1) is 0 Å². The van der Waals surface area contributed by atoms with Gasteiger partial charge in [-0.2, -0.15) is 0 Å². The van der Waals surface area contributed by atoms with Gasteiger partial charge in [0.15, 0.2) is 0 Å². The largest absolute Gasteiger partial charge is 0.315 e. The Hall–Kier alpha value is -0.0400. The fourth-order valence-electron chi connectivity index (χ4n) is 0.661. The summed E-state index contributed by atoms with van der Waals surface area (Å²) in [6, 6.07) is 0.642. The van der Waals surface area contributed by atoms with Gasteiger partial charge in [0.1, 0.15) is 0 Å². The van der Waals surface area contributed by atoms with Crippen molar-refractivity contribution in [3.63, 3.8) is 0 Å². The fraction of sp³-hybridized carbons (Fsp3) is 1.00. The molecular formula is C8H21N. The maximum absolute atomic E-state index is 3.38. The normalized spacial score (nSPS) is 11.3. The summed E-state index contributed by atoms with van der Waals surface area (Å²) >= 11 is 0. The molecular weight excluding hydrogens is 110 g/mol. The molecule has 0 aromatic heterocycles. The maximum Gasteiger partial charge on any atom is 0.00103 e. The first-order chi connectivity index (χ1) is 4.13. The molecule has 0 spiro atoms. The van der Waals surface area contributed by atoms with Crippen molar-refractivity contribution >= 4 is 0 Å². The Kier molecular flexibility index (Phi) is 4.78. The van der Waals surface area contributed by atoms with Crippen LogP contribution >= 0.6 is 0 Å². The lowest BCUT2D eigenvalue weighted by Gasteiger charge is -2.08. The summed E-state index contributed by atoms with van der Waals surface area (Å²) < 4.78 is 0. The van der Waals surface area contributed by atoms with Gasteiger partial charge in [0.05, 0.1) is 0 Å². The molecule has 0 atom stereocenters. The van der Waals surface area contributed by atoms with Crippen molar-refractivity contribution in [1.82, 2.24) is 5.32 Å². The molecule has 0 amide bonds. The third kappa shape index (κ3) is 7.96. The van der Waals surface area contributed by atoms with Crippen LogP contribution in [0.3, 0.4) is 0 Å². The Morgan fingerprint density at radius 1 is 1.22 bits per heavy atom. The van der Waals surface area contributed by atoms with E-state index in [-0.39, 0.29) is 1.43 Å². The molecule has 0 fully saturated rings. The van der Waals surface area contributed by atoms with Gasteiger partial charge in [0, 0.05) is 7.47 Å². The SMILES string of the molecule is CC(C)CCNC(C)C.[HH]. The van der Waals surface area contributed by atoms with Crippen LogP contribution in [0, 0.1) is 5.92 Å². The summed E-state index contributed by atoms with van der Waals surface area (Å²) in [5.74, 6) is 0.830. The molecule has 0 bridgehead atoms. The Balaban J connectivity index is 0. The van der Waals surface area contributed by atoms with E-state index in [9.17, 15) is 0 Å². The molecule has 0 aliphatic rings. The van der Waals surface area contributed by atoms with Gasteiger partial charge in [-0.05, 0) is 18.9 Å². The highest BCUT2D eigenvalue weighted by Crippen LogP contribution is 1.96. The van der Waals surface area contributed by atoms with E-state index in [1.165, 1.54) is 6.42 Å². The zero-order valence-electron chi connectivity index (χ0n) is 7.07. The van der Waals surface area contributed by atoms with Gasteiger partial charge in [0.2, 0.25) is 0 Å². The van der Waals surface area contributed by atoms with Crippen molar-refractivity contribution in [3.8, 4) is 0 Å². The minimum Gasteiger partial charge on any atom is -0.315 e. The van der Waals surface area contributed by atoms with Crippen molar-refractivity contribution < 1.29 is 1.43 Å². The molecule has 0 radical (unpaired) electrons. The molecule has 0 unspecified atom stereocenters.